The van der Waals surface area contributed by atoms with E-state index in [1.807, 2.05) is 60.1 Å². The van der Waals surface area contributed by atoms with E-state index in [9.17, 15) is 6.63 Å². The topological polar surface area (TPSA) is 40.8 Å². The summed E-state index contributed by atoms with van der Waals surface area (Å²) in [4.78, 5) is 0. The average Bonchev–Trinajstić information content (AvgIpc) is 3.35. The highest BCUT2D eigenvalue weighted by Crippen LogP contribution is 2.44. The van der Waals surface area contributed by atoms with Gasteiger partial charge in [0.25, 0.3) is 0 Å². The maximum atomic E-state index is 10.1. The minimum absolute atomic E-state index is 0.266. The molecular weight excluding hydrogens is 476 g/mol. The van der Waals surface area contributed by atoms with Gasteiger partial charge in [-0.2, -0.15) is 5.26 Å². The van der Waals surface area contributed by atoms with E-state index in [2.05, 4.69) is 39.0 Å². The second-order valence-corrected chi connectivity index (χ2v) is 12.0. The largest absolute Gasteiger partial charge is 0.454 e. The number of hydrogen-bond donors (Lipinski definition) is 0. The Kier molecular flexibility index (Phi) is 5.21. The number of furan rings is 1. The van der Waals surface area contributed by atoms with Crippen LogP contribution in [0.1, 0.15) is 74.5 Å². The standard InChI is InChI=1S/C36H37N2O/c1-23-9-20-32(38(5)22-23)31-8-6-7-29-30-19-16-27(21-37)33(35(30)39-34(29)31)26-12-10-24(11-13-26)25-14-17-28(18-15-25)36(2,3)4/h6-13,16,19-20,22,25,28H,14-15,17-18H2,1-5H3/q+1/i1D3,25D. The molecule has 0 bridgehead atoms. The highest BCUT2D eigenvalue weighted by Gasteiger charge is 2.30. The fraction of sp³-hybridized carbons (Fsp3) is 0.333. The van der Waals surface area contributed by atoms with Crippen LogP contribution in [0.2, 0.25) is 0 Å². The molecule has 2 aromatic heterocycles. The van der Waals surface area contributed by atoms with Crippen LogP contribution < -0.4 is 4.57 Å². The lowest BCUT2D eigenvalue weighted by Gasteiger charge is -2.37. The molecule has 5 aromatic rings. The number of nitrogens with zero attached hydrogens (tertiary/aromatic N) is 2. The molecule has 2 heterocycles. The second kappa shape index (κ2) is 9.69. The molecule has 0 N–H and O–H groups in total. The fourth-order valence-corrected chi connectivity index (χ4v) is 6.32. The summed E-state index contributed by atoms with van der Waals surface area (Å²) in [5.41, 5.74) is 6.71. The van der Waals surface area contributed by atoms with Gasteiger partial charge in [0.2, 0.25) is 5.69 Å². The third kappa shape index (κ3) is 4.53. The SMILES string of the molecule is [2H]C([2H])([2H])c1ccc(-c2cccc3c2oc2c(-c4ccc(C5([2H])CCC(C(C)(C)C)CC5)cc4)c(C#N)ccc23)[n+](C)c1. The van der Waals surface area contributed by atoms with Gasteiger partial charge >= 0.3 is 0 Å². The monoisotopic (exact) mass is 517 g/mol. The molecule has 39 heavy (non-hydrogen) atoms. The van der Waals surface area contributed by atoms with Crippen molar-refractivity contribution in [3.63, 3.8) is 0 Å². The molecule has 1 saturated carbocycles. The maximum absolute atomic E-state index is 10.1. The first-order chi connectivity index (χ1) is 20.3. The van der Waals surface area contributed by atoms with Crippen molar-refractivity contribution in [1.82, 2.24) is 0 Å². The van der Waals surface area contributed by atoms with E-state index < -0.39 is 12.7 Å². The molecule has 3 heteroatoms. The third-order valence-electron chi connectivity index (χ3n) is 8.59. The first kappa shape index (κ1) is 21.0. The zero-order chi connectivity index (χ0) is 30.7. The number of rotatable bonds is 3. The van der Waals surface area contributed by atoms with Crippen LogP contribution in [-0.4, -0.2) is 0 Å². The van der Waals surface area contributed by atoms with Crippen molar-refractivity contribution in [1.29, 1.82) is 5.26 Å². The first-order valence-electron chi connectivity index (χ1n) is 15.8. The van der Waals surface area contributed by atoms with Crippen LogP contribution in [-0.2, 0) is 7.05 Å². The Morgan fingerprint density at radius 2 is 1.67 bits per heavy atom. The summed E-state index contributed by atoms with van der Waals surface area (Å²) in [6.07, 6.45) is 5.46. The third-order valence-corrected chi connectivity index (χ3v) is 8.59. The lowest BCUT2D eigenvalue weighted by atomic mass is 9.68. The molecule has 3 nitrogen and oxygen atoms in total. The molecule has 6 rings (SSSR count). The molecular formula is C36H37N2O+. The molecule has 0 unspecified atom stereocenters. The summed E-state index contributed by atoms with van der Waals surface area (Å²) in [6.45, 7) is 4.71. The lowest BCUT2D eigenvalue weighted by Crippen LogP contribution is -2.30. The van der Waals surface area contributed by atoms with E-state index >= 15 is 0 Å². The zero-order valence-corrected chi connectivity index (χ0v) is 23.1. The van der Waals surface area contributed by atoms with Gasteiger partial charge in [0.15, 0.2) is 6.20 Å². The predicted octanol–water partition coefficient (Wildman–Crippen LogP) is 9.24. The van der Waals surface area contributed by atoms with Crippen molar-refractivity contribution in [3.8, 4) is 28.5 Å². The highest BCUT2D eigenvalue weighted by atomic mass is 16.3. The summed E-state index contributed by atoms with van der Waals surface area (Å²) >= 11 is 0. The summed E-state index contributed by atoms with van der Waals surface area (Å²) < 4.78 is 41.0. The number of aryl methyl sites for hydroxylation is 2. The molecule has 1 fully saturated rings. The molecule has 0 saturated heterocycles. The van der Waals surface area contributed by atoms with Crippen LogP contribution in [0.15, 0.2) is 77.3 Å². The number of aromatic nitrogens is 1. The van der Waals surface area contributed by atoms with E-state index in [0.29, 0.717) is 22.6 Å². The number of fused-ring (bicyclic) bond motifs is 3. The molecule has 0 aliphatic heterocycles. The van der Waals surface area contributed by atoms with Gasteiger partial charge in [0.05, 0.1) is 17.2 Å². The van der Waals surface area contributed by atoms with Crippen molar-refractivity contribution in [3.05, 3.63) is 89.6 Å². The number of hydrogen-bond acceptors (Lipinski definition) is 2. The second-order valence-electron chi connectivity index (χ2n) is 12.0. The van der Waals surface area contributed by atoms with Gasteiger partial charge in [-0.15, -0.1) is 0 Å². The van der Waals surface area contributed by atoms with Crippen molar-refractivity contribution >= 4 is 21.9 Å². The molecule has 1 aliphatic carbocycles. The Morgan fingerprint density at radius 3 is 2.33 bits per heavy atom. The Labute approximate surface area is 237 Å². The number of nitriles is 1. The predicted molar refractivity (Wildman–Crippen MR) is 159 cm³/mol. The van der Waals surface area contributed by atoms with Crippen LogP contribution in [0.25, 0.3) is 44.3 Å². The highest BCUT2D eigenvalue weighted by molar-refractivity contribution is 6.13. The number of para-hydroxylation sites is 1. The van der Waals surface area contributed by atoms with Crippen molar-refractivity contribution in [2.24, 2.45) is 18.4 Å². The minimum atomic E-state index is -2.19. The molecule has 1 aliphatic rings. The fourth-order valence-electron chi connectivity index (χ4n) is 6.32. The summed E-state index contributed by atoms with van der Waals surface area (Å²) in [5.74, 6) is 0.0455. The van der Waals surface area contributed by atoms with Crippen LogP contribution in [0.3, 0.4) is 0 Å². The number of pyridine rings is 1. The first-order valence-corrected chi connectivity index (χ1v) is 13.8. The van der Waals surface area contributed by atoms with E-state index in [4.69, 9.17) is 8.53 Å². The molecule has 0 radical (unpaired) electrons. The quantitative estimate of drug-likeness (QED) is 0.224. The normalized spacial score (nSPS) is 21.7. The molecule has 196 valence electrons. The van der Waals surface area contributed by atoms with Gasteiger partial charge in [-0.3, -0.25) is 0 Å². The zero-order valence-electron chi connectivity index (χ0n) is 27.1. The van der Waals surface area contributed by atoms with E-state index in [1.165, 1.54) is 0 Å². The van der Waals surface area contributed by atoms with Crippen LogP contribution >= 0.6 is 0 Å². The van der Waals surface area contributed by atoms with Crippen LogP contribution in [0.4, 0.5) is 0 Å². The van der Waals surface area contributed by atoms with Crippen LogP contribution in [0, 0.1) is 29.5 Å². The Bertz CT molecular complexity index is 1880. The van der Waals surface area contributed by atoms with Gasteiger partial charge in [-0.05, 0) is 85.2 Å². The molecule has 0 amide bonds. The number of benzene rings is 3. The van der Waals surface area contributed by atoms with Crippen molar-refractivity contribution in [2.75, 3.05) is 0 Å². The molecule has 3 aromatic carbocycles. The van der Waals surface area contributed by atoms with Gasteiger partial charge < -0.3 is 4.42 Å². The maximum Gasteiger partial charge on any atom is 0.216 e. The van der Waals surface area contributed by atoms with E-state index in [1.54, 1.807) is 12.3 Å². The van der Waals surface area contributed by atoms with Gasteiger partial charge in [0, 0.05) is 33.4 Å². The van der Waals surface area contributed by atoms with E-state index in [0.717, 1.165) is 64.4 Å². The smallest absolute Gasteiger partial charge is 0.216 e. The summed E-state index contributed by atoms with van der Waals surface area (Å²) in [5, 5.41) is 11.9. The average molecular weight is 518 g/mol. The van der Waals surface area contributed by atoms with Crippen molar-refractivity contribution < 1.29 is 14.5 Å². The minimum Gasteiger partial charge on any atom is -0.454 e. The molecule has 0 spiro atoms. The van der Waals surface area contributed by atoms with Crippen LogP contribution in [0.5, 0.6) is 0 Å². The van der Waals surface area contributed by atoms with Crippen molar-refractivity contribution in [2.45, 2.75) is 59.2 Å². The van der Waals surface area contributed by atoms with E-state index in [-0.39, 0.29) is 11.0 Å². The Balaban J connectivity index is 1.43. The van der Waals surface area contributed by atoms with Gasteiger partial charge in [0.1, 0.15) is 18.2 Å². The molecule has 0 atom stereocenters. The van der Waals surface area contributed by atoms with Gasteiger partial charge in [-0.25, -0.2) is 4.57 Å². The summed E-state index contributed by atoms with van der Waals surface area (Å²) in [6, 6.07) is 23.7. The Hall–Kier alpha value is -3.90. The Morgan fingerprint density at radius 1 is 0.923 bits per heavy atom. The summed E-state index contributed by atoms with van der Waals surface area (Å²) in [7, 11) is 1.83. The van der Waals surface area contributed by atoms with Gasteiger partial charge in [-0.1, -0.05) is 57.2 Å². The lowest BCUT2D eigenvalue weighted by molar-refractivity contribution is -0.660.